The summed E-state index contributed by atoms with van der Waals surface area (Å²) in [4.78, 5) is 11.1. The first kappa shape index (κ1) is 6.84. The zero-order valence-corrected chi connectivity index (χ0v) is 7.66. The number of rotatable bonds is 1. The molecule has 11 heavy (non-hydrogen) atoms. The smallest absolute Gasteiger partial charge is 0.147 e. The second-order valence-electron chi connectivity index (χ2n) is 2.06. The minimum absolute atomic E-state index is 0.844. The Morgan fingerprint density at radius 3 is 3.18 bits per heavy atom. The molecule has 0 spiro atoms. The zero-order chi connectivity index (χ0) is 7.68. The van der Waals surface area contributed by atoms with Crippen LogP contribution in [0.3, 0.4) is 0 Å². The quantitative estimate of drug-likeness (QED) is 0.606. The number of nitrogens with one attached hydrogen (secondary N) is 2. The van der Waals surface area contributed by atoms with Crippen LogP contribution < -0.4 is 3.53 Å². The van der Waals surface area contributed by atoms with E-state index in [0.29, 0.717) is 0 Å². The largest absolute Gasteiger partial charge is 0.346 e. The molecule has 56 valence electrons. The van der Waals surface area contributed by atoms with E-state index in [1.807, 2.05) is 35.1 Å². The number of hydrogen-bond acceptors (Lipinski definition) is 3. The van der Waals surface area contributed by atoms with Crippen LogP contribution in [0.1, 0.15) is 0 Å². The van der Waals surface area contributed by atoms with Gasteiger partial charge in [-0.1, -0.05) is 0 Å². The normalized spacial score (nSPS) is 10.3. The van der Waals surface area contributed by atoms with Crippen LogP contribution in [0.15, 0.2) is 18.6 Å². The fraction of sp³-hybridized carbons (Fsp3) is 0. The maximum atomic E-state index is 4.05. The lowest BCUT2D eigenvalue weighted by atomic mass is 10.4. The number of aromatic amines is 1. The Bertz CT molecular complexity index is 369. The van der Waals surface area contributed by atoms with E-state index in [-0.39, 0.29) is 0 Å². The summed E-state index contributed by atoms with van der Waals surface area (Å²) < 4.78 is 2.95. The Hall–Kier alpha value is -0.850. The van der Waals surface area contributed by atoms with E-state index >= 15 is 0 Å². The van der Waals surface area contributed by atoms with Crippen molar-refractivity contribution in [3.63, 3.8) is 0 Å². The highest BCUT2D eigenvalue weighted by molar-refractivity contribution is 14.1. The molecule has 2 heterocycles. The van der Waals surface area contributed by atoms with Crippen LogP contribution in [-0.4, -0.2) is 15.0 Å². The third-order valence-corrected chi connectivity index (χ3v) is 1.95. The van der Waals surface area contributed by atoms with E-state index in [0.717, 1.165) is 16.9 Å². The third-order valence-electron chi connectivity index (χ3n) is 1.44. The lowest BCUT2D eigenvalue weighted by Crippen LogP contribution is -1.87. The van der Waals surface area contributed by atoms with Gasteiger partial charge in [-0.05, 0) is 6.07 Å². The molecule has 0 unspecified atom stereocenters. The Morgan fingerprint density at radius 2 is 2.36 bits per heavy atom. The molecule has 5 heteroatoms. The predicted octanol–water partition coefficient (Wildman–Crippen LogP) is 1.72. The molecule has 0 aliphatic heterocycles. The molecule has 2 N–H and O–H groups in total. The van der Waals surface area contributed by atoms with Crippen LogP contribution in [0.2, 0.25) is 0 Å². The van der Waals surface area contributed by atoms with Gasteiger partial charge in [-0.2, -0.15) is 0 Å². The minimum Gasteiger partial charge on any atom is -0.346 e. The van der Waals surface area contributed by atoms with Crippen molar-refractivity contribution in [1.29, 1.82) is 0 Å². The van der Waals surface area contributed by atoms with Gasteiger partial charge in [0.05, 0.1) is 28.3 Å². The van der Waals surface area contributed by atoms with Gasteiger partial charge in [0.25, 0.3) is 0 Å². The number of fused-ring (bicyclic) bond motifs is 1. The van der Waals surface area contributed by atoms with E-state index in [2.05, 4.69) is 18.5 Å². The van der Waals surface area contributed by atoms with Crippen molar-refractivity contribution in [2.45, 2.75) is 0 Å². The fourth-order valence-corrected chi connectivity index (χ4v) is 1.38. The van der Waals surface area contributed by atoms with E-state index in [1.165, 1.54) is 6.33 Å². The summed E-state index contributed by atoms with van der Waals surface area (Å²) >= 11 is 2.04. The van der Waals surface area contributed by atoms with Crippen LogP contribution in [-0.2, 0) is 0 Å². The number of hydrogen-bond donors (Lipinski definition) is 2. The first-order valence-electron chi connectivity index (χ1n) is 3.06. The van der Waals surface area contributed by atoms with E-state index in [9.17, 15) is 0 Å². The summed E-state index contributed by atoms with van der Waals surface area (Å²) in [5.74, 6) is 0.844. The van der Waals surface area contributed by atoms with Gasteiger partial charge in [-0.3, -0.25) is 0 Å². The van der Waals surface area contributed by atoms with Gasteiger partial charge < -0.3 is 8.51 Å². The molecule has 0 aliphatic carbocycles. The molecule has 0 amide bonds. The average molecular weight is 260 g/mol. The number of halogens is 1. The number of anilines is 1. The Balaban J connectivity index is 2.79. The van der Waals surface area contributed by atoms with Gasteiger partial charge in [-0.25, -0.2) is 9.97 Å². The molecule has 4 nitrogen and oxygen atoms in total. The molecule has 2 aromatic heterocycles. The maximum Gasteiger partial charge on any atom is 0.147 e. The fourth-order valence-electron chi connectivity index (χ4n) is 0.948. The van der Waals surface area contributed by atoms with E-state index in [1.54, 1.807) is 0 Å². The van der Waals surface area contributed by atoms with E-state index < -0.39 is 0 Å². The Kier molecular flexibility index (Phi) is 1.65. The number of H-pyrrole nitrogens is 1. The van der Waals surface area contributed by atoms with Gasteiger partial charge in [0, 0.05) is 6.20 Å². The average Bonchev–Trinajstić information content (AvgIpc) is 2.50. The van der Waals surface area contributed by atoms with Crippen LogP contribution in [0, 0.1) is 0 Å². The standard InChI is InChI=1S/C6H5IN4/c7-11-6-4-1-2-8-5(4)9-3-10-6/h1-3H,(H2,8,9,10,11). The summed E-state index contributed by atoms with van der Waals surface area (Å²) in [7, 11) is 0. The van der Waals surface area contributed by atoms with Gasteiger partial charge >= 0.3 is 0 Å². The molecular weight excluding hydrogens is 255 g/mol. The second-order valence-corrected chi connectivity index (χ2v) is 2.60. The van der Waals surface area contributed by atoms with Gasteiger partial charge in [0.2, 0.25) is 0 Å². The zero-order valence-electron chi connectivity index (χ0n) is 5.50. The molecule has 2 rings (SSSR count). The van der Waals surface area contributed by atoms with Crippen molar-refractivity contribution in [3.8, 4) is 0 Å². The monoisotopic (exact) mass is 260 g/mol. The molecule has 0 aromatic carbocycles. The summed E-state index contributed by atoms with van der Waals surface area (Å²) in [6.07, 6.45) is 3.37. The molecule has 2 aromatic rings. The minimum atomic E-state index is 0.844. The highest BCUT2D eigenvalue weighted by atomic mass is 127. The third kappa shape index (κ3) is 1.05. The van der Waals surface area contributed by atoms with Gasteiger partial charge in [-0.15, -0.1) is 0 Å². The van der Waals surface area contributed by atoms with Crippen LogP contribution in [0.25, 0.3) is 11.0 Å². The van der Waals surface area contributed by atoms with Crippen molar-refractivity contribution >= 4 is 39.7 Å². The topological polar surface area (TPSA) is 53.6 Å². The molecule has 0 saturated heterocycles. The maximum absolute atomic E-state index is 4.05. The van der Waals surface area contributed by atoms with Crippen LogP contribution >= 0.6 is 22.9 Å². The highest BCUT2D eigenvalue weighted by Gasteiger charge is 2.00. The molecule has 0 saturated carbocycles. The second kappa shape index (κ2) is 2.65. The number of nitrogens with zero attached hydrogens (tertiary/aromatic N) is 2. The molecule has 0 aliphatic rings. The summed E-state index contributed by atoms with van der Waals surface area (Å²) in [6, 6.07) is 1.94. The summed E-state index contributed by atoms with van der Waals surface area (Å²) in [5, 5.41) is 1.02. The molecule has 0 radical (unpaired) electrons. The van der Waals surface area contributed by atoms with Crippen molar-refractivity contribution in [2.75, 3.05) is 3.53 Å². The first-order valence-corrected chi connectivity index (χ1v) is 4.14. The van der Waals surface area contributed by atoms with Crippen molar-refractivity contribution < 1.29 is 0 Å². The lowest BCUT2D eigenvalue weighted by molar-refractivity contribution is 1.21. The molecule has 0 fully saturated rings. The van der Waals surface area contributed by atoms with Crippen molar-refractivity contribution in [2.24, 2.45) is 0 Å². The van der Waals surface area contributed by atoms with Crippen molar-refractivity contribution in [3.05, 3.63) is 18.6 Å². The van der Waals surface area contributed by atoms with Gasteiger partial charge in [0.1, 0.15) is 17.8 Å². The summed E-state index contributed by atoms with van der Waals surface area (Å²) in [6.45, 7) is 0. The Labute approximate surface area is 76.9 Å². The van der Waals surface area contributed by atoms with Crippen LogP contribution in [0.5, 0.6) is 0 Å². The predicted molar refractivity (Wildman–Crippen MR) is 51.5 cm³/mol. The SMILES string of the molecule is INc1ncnc2[nH]ccc12. The van der Waals surface area contributed by atoms with Crippen molar-refractivity contribution in [1.82, 2.24) is 15.0 Å². The molecular formula is C6H5IN4. The van der Waals surface area contributed by atoms with Gasteiger partial charge in [0.15, 0.2) is 0 Å². The lowest BCUT2D eigenvalue weighted by Gasteiger charge is -1.95. The highest BCUT2D eigenvalue weighted by Crippen LogP contribution is 2.17. The molecule has 0 atom stereocenters. The van der Waals surface area contributed by atoms with E-state index in [4.69, 9.17) is 0 Å². The van der Waals surface area contributed by atoms with Crippen LogP contribution in [0.4, 0.5) is 5.82 Å². The number of aromatic nitrogens is 3. The Morgan fingerprint density at radius 1 is 1.45 bits per heavy atom. The first-order chi connectivity index (χ1) is 5.42. The molecule has 0 bridgehead atoms. The summed E-state index contributed by atoms with van der Waals surface area (Å²) in [5.41, 5.74) is 0.860.